The Hall–Kier alpha value is -0.400. The molecule has 0 spiro atoms. The van der Waals surface area contributed by atoms with Gasteiger partial charge in [0.15, 0.2) is 0 Å². The fourth-order valence-electron chi connectivity index (χ4n) is 2.07. The second-order valence-electron chi connectivity index (χ2n) is 5.37. The molecule has 0 fully saturated rings. The van der Waals surface area contributed by atoms with Gasteiger partial charge >= 0.3 is 35.5 Å². The first-order valence-corrected chi connectivity index (χ1v) is 9.02. The first-order chi connectivity index (χ1) is 10.3. The zero-order valence-corrected chi connectivity index (χ0v) is 16.9. The molecule has 1 aromatic carbocycles. The Morgan fingerprint density at radius 2 is 1.74 bits per heavy atom. The second-order valence-corrected chi connectivity index (χ2v) is 6.75. The quantitative estimate of drug-likeness (QED) is 0.214. The van der Waals surface area contributed by atoms with E-state index in [4.69, 9.17) is 4.74 Å². The van der Waals surface area contributed by atoms with Crippen LogP contribution in [0.5, 0.6) is 5.75 Å². The van der Waals surface area contributed by atoms with Gasteiger partial charge in [0.1, 0.15) is 15.9 Å². The molecule has 0 N–H and O–H groups in total. The molecule has 0 aromatic heterocycles. The summed E-state index contributed by atoms with van der Waals surface area (Å²) in [6.07, 6.45) is 6.68. The van der Waals surface area contributed by atoms with Crippen molar-refractivity contribution in [1.82, 2.24) is 0 Å². The summed E-state index contributed by atoms with van der Waals surface area (Å²) in [6.45, 7) is 3.84. The van der Waals surface area contributed by atoms with E-state index in [9.17, 15) is 17.8 Å². The SMILES string of the molecule is CCCCCCCCC(=O)Oc1cc(S(=O)(=O)[O-])ccc1C.[Na+]. The summed E-state index contributed by atoms with van der Waals surface area (Å²) in [5.41, 5.74) is 0.615. The molecule has 0 radical (unpaired) electrons. The van der Waals surface area contributed by atoms with Crippen molar-refractivity contribution in [1.29, 1.82) is 0 Å². The summed E-state index contributed by atoms with van der Waals surface area (Å²) in [5, 5.41) is 0. The van der Waals surface area contributed by atoms with Crippen LogP contribution >= 0.6 is 0 Å². The number of carbonyl (C=O) groups excluding carboxylic acids is 1. The average molecular weight is 350 g/mol. The van der Waals surface area contributed by atoms with Gasteiger partial charge in [0.05, 0.1) is 4.90 Å². The van der Waals surface area contributed by atoms with Gasteiger partial charge in [0.2, 0.25) is 0 Å². The van der Waals surface area contributed by atoms with Crippen LogP contribution in [0.1, 0.15) is 57.4 Å². The number of unbranched alkanes of at least 4 members (excludes halogenated alkanes) is 5. The number of hydrogen-bond donors (Lipinski definition) is 0. The summed E-state index contributed by atoms with van der Waals surface area (Å²) >= 11 is 0. The van der Waals surface area contributed by atoms with E-state index < -0.39 is 16.1 Å². The first kappa shape index (κ1) is 22.6. The van der Waals surface area contributed by atoms with Crippen LogP contribution in [0, 0.1) is 6.92 Å². The molecule has 1 aromatic rings. The van der Waals surface area contributed by atoms with Crippen molar-refractivity contribution < 1.29 is 52.1 Å². The van der Waals surface area contributed by atoms with Crippen LogP contribution < -0.4 is 34.3 Å². The number of rotatable bonds is 9. The summed E-state index contributed by atoms with van der Waals surface area (Å²) in [4.78, 5) is 11.4. The first-order valence-electron chi connectivity index (χ1n) is 7.62. The van der Waals surface area contributed by atoms with Crippen molar-refractivity contribution in [3.8, 4) is 5.75 Å². The number of carbonyl (C=O) groups is 1. The molecule has 0 aliphatic rings. The minimum absolute atomic E-state index is 0. The largest absolute Gasteiger partial charge is 1.00 e. The Morgan fingerprint density at radius 1 is 1.13 bits per heavy atom. The molecule has 0 bridgehead atoms. The molecule has 1 rings (SSSR count). The van der Waals surface area contributed by atoms with Crippen LogP contribution in [-0.2, 0) is 14.9 Å². The van der Waals surface area contributed by atoms with Crippen LogP contribution in [0.3, 0.4) is 0 Å². The van der Waals surface area contributed by atoms with E-state index >= 15 is 0 Å². The Bertz CT molecular complexity index is 598. The van der Waals surface area contributed by atoms with Crippen molar-refractivity contribution in [3.05, 3.63) is 23.8 Å². The van der Waals surface area contributed by atoms with E-state index in [1.54, 1.807) is 6.92 Å². The number of benzene rings is 1. The number of hydrogen-bond acceptors (Lipinski definition) is 5. The minimum atomic E-state index is -4.55. The molecule has 0 heterocycles. The van der Waals surface area contributed by atoms with Gasteiger partial charge in [-0.15, -0.1) is 0 Å². The summed E-state index contributed by atoms with van der Waals surface area (Å²) in [5.74, 6) is -0.271. The molecule has 0 saturated carbocycles. The molecule has 0 aliphatic carbocycles. The molecular weight excluding hydrogens is 327 g/mol. The molecule has 0 atom stereocenters. The number of esters is 1. The topological polar surface area (TPSA) is 83.5 Å². The summed E-state index contributed by atoms with van der Waals surface area (Å²) < 4.78 is 38.1. The third-order valence-electron chi connectivity index (χ3n) is 3.41. The van der Waals surface area contributed by atoms with Crippen molar-refractivity contribution in [3.63, 3.8) is 0 Å². The molecule has 124 valence electrons. The Balaban J connectivity index is 0.00000484. The molecule has 0 saturated heterocycles. The predicted molar refractivity (Wildman–Crippen MR) is 82.8 cm³/mol. The van der Waals surface area contributed by atoms with Crippen LogP contribution in [0.15, 0.2) is 23.1 Å². The molecule has 0 unspecified atom stereocenters. The third kappa shape index (κ3) is 8.86. The van der Waals surface area contributed by atoms with E-state index in [0.29, 0.717) is 12.0 Å². The van der Waals surface area contributed by atoms with E-state index in [-0.39, 0.29) is 40.2 Å². The van der Waals surface area contributed by atoms with Gasteiger partial charge in [-0.25, -0.2) is 8.42 Å². The van der Waals surface area contributed by atoms with E-state index in [2.05, 4.69) is 6.92 Å². The zero-order valence-electron chi connectivity index (χ0n) is 14.1. The molecular formula is C16H23NaO5S. The Kier molecular flexibility index (Phi) is 11.0. The summed E-state index contributed by atoms with van der Waals surface area (Å²) in [6, 6.07) is 3.78. The van der Waals surface area contributed by atoms with Crippen LogP contribution in [0.25, 0.3) is 0 Å². The maximum Gasteiger partial charge on any atom is 1.00 e. The number of aryl methyl sites for hydroxylation is 1. The zero-order chi connectivity index (χ0) is 16.6. The van der Waals surface area contributed by atoms with Crippen molar-refractivity contribution in [2.24, 2.45) is 0 Å². The minimum Gasteiger partial charge on any atom is -0.744 e. The van der Waals surface area contributed by atoms with Gasteiger partial charge in [-0.3, -0.25) is 4.79 Å². The fraction of sp³-hybridized carbons (Fsp3) is 0.562. The van der Waals surface area contributed by atoms with Crippen molar-refractivity contribution >= 4 is 16.1 Å². The van der Waals surface area contributed by atoms with Gasteiger partial charge in [-0.05, 0) is 31.0 Å². The van der Waals surface area contributed by atoms with Crippen molar-refractivity contribution in [2.75, 3.05) is 0 Å². The van der Waals surface area contributed by atoms with Crippen molar-refractivity contribution in [2.45, 2.75) is 63.7 Å². The molecule has 0 amide bonds. The molecule has 23 heavy (non-hydrogen) atoms. The summed E-state index contributed by atoms with van der Waals surface area (Å²) in [7, 11) is -4.55. The normalized spacial score (nSPS) is 10.9. The van der Waals surface area contributed by atoms with Gasteiger partial charge in [-0.2, -0.15) is 0 Å². The molecule has 5 nitrogen and oxygen atoms in total. The molecule has 7 heteroatoms. The Labute approximate surface area is 160 Å². The van der Waals surface area contributed by atoms with Crippen LogP contribution in [0.2, 0.25) is 0 Å². The van der Waals surface area contributed by atoms with Gasteiger partial charge < -0.3 is 9.29 Å². The van der Waals surface area contributed by atoms with E-state index in [1.165, 1.54) is 31.4 Å². The maximum atomic E-state index is 11.8. The van der Waals surface area contributed by atoms with Gasteiger partial charge in [0.25, 0.3) is 0 Å². The van der Waals surface area contributed by atoms with Crippen LogP contribution in [0.4, 0.5) is 0 Å². The van der Waals surface area contributed by atoms with Crippen LogP contribution in [-0.4, -0.2) is 18.9 Å². The van der Waals surface area contributed by atoms with Gasteiger partial charge in [-0.1, -0.05) is 45.1 Å². The standard InChI is InChI=1S/C16H24O5S.Na/c1-3-4-5-6-7-8-9-16(17)21-15-12-14(22(18,19)20)11-10-13(15)2;/h10-12H,3-9H2,1-2H3,(H,18,19,20);/q;+1/p-1. The predicted octanol–water partition coefficient (Wildman–Crippen LogP) is 0.559. The monoisotopic (exact) mass is 350 g/mol. The Morgan fingerprint density at radius 3 is 2.35 bits per heavy atom. The average Bonchev–Trinajstić information content (AvgIpc) is 2.44. The maximum absolute atomic E-state index is 11.8. The third-order valence-corrected chi connectivity index (χ3v) is 4.24. The molecule has 0 aliphatic heterocycles. The second kappa shape index (κ2) is 11.2. The number of ether oxygens (including phenoxy) is 1. The van der Waals surface area contributed by atoms with Gasteiger partial charge in [0, 0.05) is 6.42 Å². The smallest absolute Gasteiger partial charge is 0.744 e. The fourth-order valence-corrected chi connectivity index (χ4v) is 2.56. The van der Waals surface area contributed by atoms with E-state index in [0.717, 1.165) is 25.3 Å². The van der Waals surface area contributed by atoms with E-state index in [1.807, 2.05) is 0 Å².